The fourth-order valence-corrected chi connectivity index (χ4v) is 6.33. The Balaban J connectivity index is 1.92. The molecule has 0 unspecified atom stereocenters. The Morgan fingerprint density at radius 1 is 1.17 bits per heavy atom. The molecule has 1 amide bonds. The number of amides is 1. The number of ether oxygens (including phenoxy) is 2. The number of nitrogens with zero attached hydrogens (tertiary/aromatic N) is 1. The Bertz CT molecular complexity index is 1090. The van der Waals surface area contributed by atoms with Gasteiger partial charge in [0.1, 0.15) is 17.4 Å². The van der Waals surface area contributed by atoms with Crippen LogP contribution < -0.4 is 0 Å². The minimum absolute atomic E-state index is 0.00221. The first kappa shape index (κ1) is 27.1. The van der Waals surface area contributed by atoms with Gasteiger partial charge in [0.15, 0.2) is 0 Å². The molecule has 0 bridgehead atoms. The minimum atomic E-state index is -4.11. The molecule has 0 spiro atoms. The third-order valence-electron chi connectivity index (χ3n) is 6.87. The first-order chi connectivity index (χ1) is 16.1. The van der Waals surface area contributed by atoms with Gasteiger partial charge >= 0.3 is 12.1 Å². The Hall–Kier alpha value is -2.46. The van der Waals surface area contributed by atoms with Gasteiger partial charge in [-0.25, -0.2) is 9.59 Å². The molecule has 1 aliphatic carbocycles. The van der Waals surface area contributed by atoms with Crippen LogP contribution in [0, 0.1) is 24.2 Å². The zero-order valence-corrected chi connectivity index (χ0v) is 22.2. The van der Waals surface area contributed by atoms with E-state index in [9.17, 15) is 22.8 Å². The number of likely N-dealkylation sites (tertiary alicyclic amines) is 1. The highest BCUT2D eigenvalue weighted by molar-refractivity contribution is 7.86. The summed E-state index contributed by atoms with van der Waals surface area (Å²) in [5.41, 5.74) is -1.13. The molecule has 1 heterocycles. The van der Waals surface area contributed by atoms with E-state index >= 15 is 0 Å². The van der Waals surface area contributed by atoms with Gasteiger partial charge in [-0.3, -0.25) is 13.9 Å². The maximum Gasteiger partial charge on any atom is 0.411 e. The van der Waals surface area contributed by atoms with Gasteiger partial charge in [0.05, 0.1) is 23.5 Å². The molecule has 1 saturated carbocycles. The number of carbonyl (C=O) groups is 3. The molecule has 1 aromatic carbocycles. The van der Waals surface area contributed by atoms with Crippen molar-refractivity contribution < 1.29 is 36.5 Å². The summed E-state index contributed by atoms with van der Waals surface area (Å²) >= 11 is 0. The van der Waals surface area contributed by atoms with E-state index < -0.39 is 63.7 Å². The average molecular weight is 510 g/mol. The minimum Gasteiger partial charge on any atom is -0.464 e. The molecule has 1 aromatic rings. The third-order valence-corrected chi connectivity index (χ3v) is 8.15. The first-order valence-electron chi connectivity index (χ1n) is 11.8. The maximum absolute atomic E-state index is 13.2. The summed E-state index contributed by atoms with van der Waals surface area (Å²) in [7, 11) is -4.11. The molecule has 2 fully saturated rings. The second-order valence-corrected chi connectivity index (χ2v) is 12.2. The molecule has 2 aliphatic rings. The van der Waals surface area contributed by atoms with Crippen LogP contribution in [0.5, 0.6) is 0 Å². The van der Waals surface area contributed by atoms with E-state index in [1.807, 2.05) is 6.92 Å². The quantitative estimate of drug-likeness (QED) is 0.423. The van der Waals surface area contributed by atoms with Crippen molar-refractivity contribution in [2.75, 3.05) is 13.2 Å². The summed E-state index contributed by atoms with van der Waals surface area (Å²) in [5, 5.41) is 0. The molecular weight excluding hydrogens is 474 g/mol. The van der Waals surface area contributed by atoms with Gasteiger partial charge in [0, 0.05) is 18.4 Å². The number of fused-ring (bicyclic) bond motifs is 1. The molecular formula is C25H35NO8S. The number of benzene rings is 1. The van der Waals surface area contributed by atoms with E-state index in [1.165, 1.54) is 17.0 Å². The standard InChI is InChI=1S/C25H35NO8S/c1-8-32-22(28)21-18-13-19(27)25(7,14-33-35(30,31)17-11-9-15(2)10-12-17)20(18)16(3)26(21)23(29)34-24(4,5)6/h9-12,16,18,20-21H,8,13-14H2,1-7H3/t16-,18+,20+,21+,25+/m1/s1. The lowest BCUT2D eigenvalue weighted by Crippen LogP contribution is -2.50. The van der Waals surface area contributed by atoms with Crippen LogP contribution in [-0.4, -0.2) is 62.1 Å². The van der Waals surface area contributed by atoms with E-state index in [4.69, 9.17) is 13.7 Å². The normalized spacial score (nSPS) is 28.7. The maximum atomic E-state index is 13.2. The van der Waals surface area contributed by atoms with Crippen LogP contribution in [0.2, 0.25) is 0 Å². The van der Waals surface area contributed by atoms with Gasteiger partial charge < -0.3 is 9.47 Å². The van der Waals surface area contributed by atoms with E-state index in [0.29, 0.717) is 0 Å². The molecule has 9 nitrogen and oxygen atoms in total. The lowest BCUT2D eigenvalue weighted by Gasteiger charge is -2.35. The molecule has 0 radical (unpaired) electrons. The first-order valence-corrected chi connectivity index (χ1v) is 13.2. The number of carbonyl (C=O) groups excluding carboxylic acids is 3. The monoisotopic (exact) mass is 509 g/mol. The van der Waals surface area contributed by atoms with Gasteiger partial charge in [-0.05, 0) is 59.6 Å². The Kier molecular flexibility index (Phi) is 7.39. The van der Waals surface area contributed by atoms with E-state index in [0.717, 1.165) is 5.56 Å². The summed E-state index contributed by atoms with van der Waals surface area (Å²) < 4.78 is 41.8. The summed E-state index contributed by atoms with van der Waals surface area (Å²) in [6.45, 7) is 11.8. The Morgan fingerprint density at radius 2 is 1.77 bits per heavy atom. The van der Waals surface area contributed by atoms with Gasteiger partial charge in [-0.1, -0.05) is 24.6 Å². The number of rotatable bonds is 6. The predicted octanol–water partition coefficient (Wildman–Crippen LogP) is 3.48. The number of hydrogen-bond acceptors (Lipinski definition) is 8. The second-order valence-electron chi connectivity index (χ2n) is 10.6. The van der Waals surface area contributed by atoms with E-state index in [1.54, 1.807) is 53.7 Å². The molecule has 35 heavy (non-hydrogen) atoms. The van der Waals surface area contributed by atoms with Crippen molar-refractivity contribution in [1.29, 1.82) is 0 Å². The SMILES string of the molecule is CCOC(=O)[C@@H]1[C@H]2CC(=O)[C@](C)(COS(=O)(=O)c3ccc(C)cc3)[C@H]2[C@@H](C)N1C(=O)OC(C)(C)C. The van der Waals surface area contributed by atoms with Crippen LogP contribution in [0.15, 0.2) is 29.2 Å². The molecule has 0 aromatic heterocycles. The molecule has 1 saturated heterocycles. The molecule has 0 N–H and O–H groups in total. The fourth-order valence-electron chi connectivity index (χ4n) is 5.32. The predicted molar refractivity (Wildman–Crippen MR) is 127 cm³/mol. The summed E-state index contributed by atoms with van der Waals surface area (Å²) in [6, 6.07) is 4.62. The van der Waals surface area contributed by atoms with Crippen LogP contribution in [0.1, 0.15) is 53.5 Å². The number of ketones is 1. The van der Waals surface area contributed by atoms with Gasteiger partial charge in [-0.15, -0.1) is 0 Å². The lowest BCUT2D eigenvalue weighted by atomic mass is 9.74. The zero-order chi connectivity index (χ0) is 26.3. The average Bonchev–Trinajstić information content (AvgIpc) is 3.17. The van der Waals surface area contributed by atoms with Crippen LogP contribution >= 0.6 is 0 Å². The topological polar surface area (TPSA) is 116 Å². The molecule has 5 atom stereocenters. The molecule has 194 valence electrons. The number of Topliss-reactive ketones (excluding diaryl/α,β-unsaturated/α-hetero) is 1. The smallest absolute Gasteiger partial charge is 0.411 e. The van der Waals surface area contributed by atoms with Gasteiger partial charge in [-0.2, -0.15) is 8.42 Å². The highest BCUT2D eigenvalue weighted by atomic mass is 32.2. The highest BCUT2D eigenvalue weighted by Crippen LogP contribution is 2.54. The number of esters is 1. The van der Waals surface area contributed by atoms with Crippen molar-refractivity contribution in [3.8, 4) is 0 Å². The summed E-state index contributed by atoms with van der Waals surface area (Å²) in [5.74, 6) is -1.88. The molecule has 3 rings (SSSR count). The van der Waals surface area contributed by atoms with Gasteiger partial charge in [0.2, 0.25) is 0 Å². The van der Waals surface area contributed by atoms with Crippen LogP contribution in [0.4, 0.5) is 4.79 Å². The summed E-state index contributed by atoms with van der Waals surface area (Å²) in [4.78, 5) is 40.6. The molecule has 10 heteroatoms. The van der Waals surface area contributed by atoms with E-state index in [2.05, 4.69) is 0 Å². The van der Waals surface area contributed by atoms with Crippen molar-refractivity contribution in [2.45, 2.75) is 77.5 Å². The van der Waals surface area contributed by atoms with Crippen molar-refractivity contribution in [3.05, 3.63) is 29.8 Å². The van der Waals surface area contributed by atoms with Crippen molar-refractivity contribution in [3.63, 3.8) is 0 Å². The van der Waals surface area contributed by atoms with Crippen LogP contribution in [0.25, 0.3) is 0 Å². The van der Waals surface area contributed by atoms with Gasteiger partial charge in [0.25, 0.3) is 10.1 Å². The van der Waals surface area contributed by atoms with Crippen molar-refractivity contribution >= 4 is 28.0 Å². The Morgan fingerprint density at radius 3 is 2.31 bits per heavy atom. The van der Waals surface area contributed by atoms with Crippen molar-refractivity contribution in [2.24, 2.45) is 17.3 Å². The number of hydrogen-bond donors (Lipinski definition) is 0. The third kappa shape index (κ3) is 5.23. The van der Waals surface area contributed by atoms with Crippen molar-refractivity contribution in [1.82, 2.24) is 4.90 Å². The summed E-state index contributed by atoms with van der Waals surface area (Å²) in [6.07, 6.45) is -0.678. The molecule has 1 aliphatic heterocycles. The van der Waals surface area contributed by atoms with Crippen LogP contribution in [0.3, 0.4) is 0 Å². The van der Waals surface area contributed by atoms with Crippen LogP contribution in [-0.2, 0) is 33.4 Å². The largest absolute Gasteiger partial charge is 0.464 e. The Labute approximate surface area is 207 Å². The number of aryl methyl sites for hydroxylation is 1. The highest BCUT2D eigenvalue weighted by Gasteiger charge is 2.65. The fraction of sp³-hybridized carbons (Fsp3) is 0.640. The second kappa shape index (κ2) is 9.54. The zero-order valence-electron chi connectivity index (χ0n) is 21.4. The lowest BCUT2D eigenvalue weighted by molar-refractivity contribution is -0.150. The van der Waals surface area contributed by atoms with E-state index in [-0.39, 0.29) is 23.7 Å².